The summed E-state index contributed by atoms with van der Waals surface area (Å²) in [6.07, 6.45) is 13.4. The predicted molar refractivity (Wildman–Crippen MR) is 93.6 cm³/mol. The first kappa shape index (κ1) is 16.5. The van der Waals surface area contributed by atoms with E-state index in [9.17, 15) is 9.90 Å². The van der Waals surface area contributed by atoms with Crippen LogP contribution in [-0.4, -0.2) is 32.7 Å². The Labute approximate surface area is 142 Å². The minimum atomic E-state index is -0.728. The lowest BCUT2D eigenvalue weighted by Crippen LogP contribution is -2.43. The quantitative estimate of drug-likeness (QED) is 0.831. The van der Waals surface area contributed by atoms with E-state index in [1.165, 1.54) is 12.5 Å². The standard InChI is InChI=1S/C19H23N3O2/c23-18(21-14-19(24)10-2-1-3-11-19)9-6-16-4-7-17(8-5-16)22-13-12-20-15-22/h4-9,12-13,15,24H,1-3,10-11,14H2,(H,21,23). The monoisotopic (exact) mass is 325 g/mol. The maximum atomic E-state index is 11.9. The molecule has 1 fully saturated rings. The predicted octanol–water partition coefficient (Wildman–Crippen LogP) is 2.70. The van der Waals surface area contributed by atoms with Crippen LogP contribution in [0.25, 0.3) is 11.8 Å². The first-order valence-electron chi connectivity index (χ1n) is 8.41. The summed E-state index contributed by atoms with van der Waals surface area (Å²) in [7, 11) is 0. The molecule has 0 atom stereocenters. The number of nitrogens with one attached hydrogen (secondary N) is 1. The van der Waals surface area contributed by atoms with Gasteiger partial charge in [-0.3, -0.25) is 4.79 Å². The van der Waals surface area contributed by atoms with Crippen LogP contribution in [-0.2, 0) is 4.79 Å². The van der Waals surface area contributed by atoms with Crippen LogP contribution in [0.1, 0.15) is 37.7 Å². The van der Waals surface area contributed by atoms with Crippen molar-refractivity contribution in [1.82, 2.24) is 14.9 Å². The molecule has 0 spiro atoms. The van der Waals surface area contributed by atoms with Gasteiger partial charge in [0, 0.05) is 30.7 Å². The van der Waals surface area contributed by atoms with E-state index in [1.54, 1.807) is 18.6 Å². The fraction of sp³-hybridized carbons (Fsp3) is 0.368. The van der Waals surface area contributed by atoms with Gasteiger partial charge in [0.25, 0.3) is 0 Å². The summed E-state index contributed by atoms with van der Waals surface area (Å²) in [4.78, 5) is 16.0. The maximum absolute atomic E-state index is 11.9. The Hall–Kier alpha value is -2.40. The number of benzene rings is 1. The third-order valence-electron chi connectivity index (χ3n) is 4.50. The third kappa shape index (κ3) is 4.32. The molecule has 1 aliphatic carbocycles. The molecule has 0 saturated heterocycles. The number of carbonyl (C=O) groups excluding carboxylic acids is 1. The Morgan fingerprint density at radius 1 is 1.25 bits per heavy atom. The van der Waals surface area contributed by atoms with E-state index in [2.05, 4.69) is 10.3 Å². The zero-order chi connectivity index (χ0) is 16.8. The Morgan fingerprint density at radius 2 is 2.00 bits per heavy atom. The van der Waals surface area contributed by atoms with E-state index in [4.69, 9.17) is 0 Å². The lowest BCUT2D eigenvalue weighted by Gasteiger charge is -2.31. The number of carbonyl (C=O) groups is 1. The van der Waals surface area contributed by atoms with Crippen LogP contribution in [0, 0.1) is 0 Å². The smallest absolute Gasteiger partial charge is 0.244 e. The minimum Gasteiger partial charge on any atom is -0.388 e. The van der Waals surface area contributed by atoms with Crippen molar-refractivity contribution in [1.29, 1.82) is 0 Å². The molecule has 5 heteroatoms. The van der Waals surface area contributed by atoms with Crippen molar-refractivity contribution in [2.24, 2.45) is 0 Å². The van der Waals surface area contributed by atoms with Gasteiger partial charge >= 0.3 is 0 Å². The van der Waals surface area contributed by atoms with E-state index >= 15 is 0 Å². The molecule has 24 heavy (non-hydrogen) atoms. The molecule has 0 aliphatic heterocycles. The summed E-state index contributed by atoms with van der Waals surface area (Å²) in [5.74, 6) is -0.173. The summed E-state index contributed by atoms with van der Waals surface area (Å²) < 4.78 is 1.92. The summed E-state index contributed by atoms with van der Waals surface area (Å²) >= 11 is 0. The van der Waals surface area contributed by atoms with Gasteiger partial charge in [-0.1, -0.05) is 31.4 Å². The molecule has 3 rings (SSSR count). The molecule has 0 unspecified atom stereocenters. The van der Waals surface area contributed by atoms with Crippen LogP contribution in [0.4, 0.5) is 0 Å². The maximum Gasteiger partial charge on any atom is 0.244 e. The summed E-state index contributed by atoms with van der Waals surface area (Å²) in [5.41, 5.74) is 1.24. The van der Waals surface area contributed by atoms with E-state index in [1.807, 2.05) is 35.0 Å². The molecule has 2 N–H and O–H groups in total. The second-order valence-electron chi connectivity index (χ2n) is 6.40. The molecule has 1 heterocycles. The summed E-state index contributed by atoms with van der Waals surface area (Å²) in [5, 5.41) is 13.2. The highest BCUT2D eigenvalue weighted by Crippen LogP contribution is 2.27. The highest BCUT2D eigenvalue weighted by molar-refractivity contribution is 5.91. The van der Waals surface area contributed by atoms with E-state index in [0.717, 1.165) is 36.9 Å². The first-order valence-corrected chi connectivity index (χ1v) is 8.41. The molecule has 1 aromatic carbocycles. The third-order valence-corrected chi connectivity index (χ3v) is 4.50. The van der Waals surface area contributed by atoms with E-state index < -0.39 is 5.60 Å². The molecule has 0 bridgehead atoms. The molecule has 1 saturated carbocycles. The van der Waals surface area contributed by atoms with Gasteiger partial charge in [0.1, 0.15) is 0 Å². The number of rotatable bonds is 5. The van der Waals surface area contributed by atoms with E-state index in [-0.39, 0.29) is 5.91 Å². The van der Waals surface area contributed by atoms with Crippen LogP contribution >= 0.6 is 0 Å². The molecule has 1 aliphatic rings. The molecule has 2 aromatic rings. The van der Waals surface area contributed by atoms with Gasteiger partial charge in [-0.25, -0.2) is 4.98 Å². The fourth-order valence-electron chi connectivity index (χ4n) is 3.04. The van der Waals surface area contributed by atoms with Crippen molar-refractivity contribution in [2.75, 3.05) is 6.54 Å². The summed E-state index contributed by atoms with van der Waals surface area (Å²) in [6.45, 7) is 0.329. The lowest BCUT2D eigenvalue weighted by molar-refractivity contribution is -0.118. The largest absolute Gasteiger partial charge is 0.388 e. The highest BCUT2D eigenvalue weighted by Gasteiger charge is 2.29. The van der Waals surface area contributed by atoms with Gasteiger partial charge in [0.05, 0.1) is 11.9 Å². The second-order valence-corrected chi connectivity index (χ2v) is 6.40. The zero-order valence-electron chi connectivity index (χ0n) is 13.7. The summed E-state index contributed by atoms with van der Waals surface area (Å²) in [6, 6.07) is 7.86. The minimum absolute atomic E-state index is 0.173. The number of amides is 1. The lowest BCUT2D eigenvalue weighted by atomic mass is 9.85. The van der Waals surface area contributed by atoms with Gasteiger partial charge < -0.3 is 15.0 Å². The Balaban J connectivity index is 1.52. The molecule has 1 aromatic heterocycles. The molecular weight excluding hydrogens is 302 g/mol. The molecule has 0 radical (unpaired) electrons. The number of hydrogen-bond donors (Lipinski definition) is 2. The number of nitrogens with zero attached hydrogens (tertiary/aromatic N) is 2. The van der Waals surface area contributed by atoms with Crippen LogP contribution in [0.2, 0.25) is 0 Å². The number of hydrogen-bond acceptors (Lipinski definition) is 3. The van der Waals surface area contributed by atoms with Crippen molar-refractivity contribution in [3.05, 3.63) is 54.6 Å². The Kier molecular flexibility index (Phi) is 5.11. The van der Waals surface area contributed by atoms with Crippen LogP contribution in [0.5, 0.6) is 0 Å². The van der Waals surface area contributed by atoms with Crippen LogP contribution in [0.15, 0.2) is 49.1 Å². The normalized spacial score (nSPS) is 17.0. The fourth-order valence-corrected chi connectivity index (χ4v) is 3.04. The number of imidazole rings is 1. The Morgan fingerprint density at radius 3 is 2.67 bits per heavy atom. The molecule has 1 amide bonds. The van der Waals surface area contributed by atoms with Gasteiger partial charge in [-0.2, -0.15) is 0 Å². The average molecular weight is 325 g/mol. The van der Waals surface area contributed by atoms with Gasteiger partial charge in [0.15, 0.2) is 0 Å². The highest BCUT2D eigenvalue weighted by atomic mass is 16.3. The topological polar surface area (TPSA) is 67.2 Å². The van der Waals surface area contributed by atoms with Crippen molar-refractivity contribution >= 4 is 12.0 Å². The van der Waals surface area contributed by atoms with Crippen LogP contribution < -0.4 is 5.32 Å². The molecular formula is C19H23N3O2. The SMILES string of the molecule is O=C(C=Cc1ccc(-n2ccnc2)cc1)NCC1(O)CCCCC1. The van der Waals surface area contributed by atoms with Crippen molar-refractivity contribution in [3.8, 4) is 5.69 Å². The Bertz CT molecular complexity index is 684. The van der Waals surface area contributed by atoms with Crippen molar-refractivity contribution < 1.29 is 9.90 Å². The van der Waals surface area contributed by atoms with Crippen molar-refractivity contribution in [2.45, 2.75) is 37.7 Å². The van der Waals surface area contributed by atoms with Crippen LogP contribution in [0.3, 0.4) is 0 Å². The number of aromatic nitrogens is 2. The average Bonchev–Trinajstić information content (AvgIpc) is 3.14. The number of aliphatic hydroxyl groups is 1. The second kappa shape index (κ2) is 7.45. The molecule has 126 valence electrons. The van der Waals surface area contributed by atoms with Crippen molar-refractivity contribution in [3.63, 3.8) is 0 Å². The van der Waals surface area contributed by atoms with Gasteiger partial charge in [0.2, 0.25) is 5.91 Å². The first-order chi connectivity index (χ1) is 11.6. The van der Waals surface area contributed by atoms with E-state index in [0.29, 0.717) is 6.54 Å². The zero-order valence-corrected chi connectivity index (χ0v) is 13.7. The molecule has 5 nitrogen and oxygen atoms in total. The van der Waals surface area contributed by atoms with Gasteiger partial charge in [-0.05, 0) is 36.6 Å². The van der Waals surface area contributed by atoms with Gasteiger partial charge in [-0.15, -0.1) is 0 Å².